The summed E-state index contributed by atoms with van der Waals surface area (Å²) in [6.45, 7) is 4.05. The molecule has 0 aromatic heterocycles. The second kappa shape index (κ2) is 12.6. The minimum absolute atomic E-state index is 0.107. The quantitative estimate of drug-likeness (QED) is 0.244. The molecule has 3 saturated heterocycles. The smallest absolute Gasteiger partial charge is 0.241 e. The Kier molecular flexibility index (Phi) is 8.30. The fourth-order valence-electron chi connectivity index (χ4n) is 9.76. The van der Waals surface area contributed by atoms with E-state index in [2.05, 4.69) is 17.0 Å². The normalized spacial score (nSPS) is 29.6. The van der Waals surface area contributed by atoms with Crippen molar-refractivity contribution in [1.82, 2.24) is 9.80 Å². The van der Waals surface area contributed by atoms with Gasteiger partial charge in [-0.3, -0.25) is 29.0 Å². The first-order valence-corrected chi connectivity index (χ1v) is 17.9. The van der Waals surface area contributed by atoms with Crippen molar-refractivity contribution >= 4 is 40.9 Å². The van der Waals surface area contributed by atoms with E-state index < -0.39 is 52.6 Å². The number of hydrogen-bond acceptors (Lipinski definition) is 7. The predicted molar refractivity (Wildman–Crippen MR) is 187 cm³/mol. The number of aromatic hydroxyl groups is 1. The van der Waals surface area contributed by atoms with Crippen molar-refractivity contribution in [2.75, 3.05) is 25.1 Å². The number of piperidine rings is 1. The number of amides is 4. The van der Waals surface area contributed by atoms with Gasteiger partial charge in [-0.25, -0.2) is 9.29 Å². The Morgan fingerprint density at radius 2 is 1.69 bits per heavy atom. The van der Waals surface area contributed by atoms with Crippen molar-refractivity contribution in [3.8, 4) is 11.5 Å². The van der Waals surface area contributed by atoms with Crippen LogP contribution in [0, 0.1) is 34.9 Å². The lowest BCUT2D eigenvalue weighted by Crippen LogP contribution is -2.49. The van der Waals surface area contributed by atoms with E-state index >= 15 is 0 Å². The fraction of sp³-hybridized carbons (Fsp3) is 0.400. The van der Waals surface area contributed by atoms with Gasteiger partial charge in [0.2, 0.25) is 23.6 Å². The number of benzene rings is 3. The molecule has 3 heterocycles. The van der Waals surface area contributed by atoms with Crippen molar-refractivity contribution in [1.29, 1.82) is 0 Å². The van der Waals surface area contributed by atoms with Gasteiger partial charge in [-0.05, 0) is 74.4 Å². The van der Waals surface area contributed by atoms with Crippen molar-refractivity contribution in [3.63, 3.8) is 0 Å². The number of methoxy groups -OCH3 is 1. The number of allylic oxidation sites excluding steroid dienone is 2. The second-order valence-electron chi connectivity index (χ2n) is 14.7. The van der Waals surface area contributed by atoms with E-state index in [9.17, 15) is 28.7 Å². The van der Waals surface area contributed by atoms with Crippen molar-refractivity contribution in [2.45, 2.75) is 51.1 Å². The molecule has 0 bridgehead atoms. The van der Waals surface area contributed by atoms with Gasteiger partial charge in [-0.15, -0.1) is 0 Å². The third-order valence-electron chi connectivity index (χ3n) is 12.2. The van der Waals surface area contributed by atoms with Crippen LogP contribution in [0.4, 0.5) is 10.1 Å². The number of hydrogen-bond donors (Lipinski definition) is 1. The van der Waals surface area contributed by atoms with Gasteiger partial charge in [0.1, 0.15) is 17.3 Å². The molecule has 1 saturated carbocycles. The van der Waals surface area contributed by atoms with Crippen LogP contribution in [0.5, 0.6) is 11.5 Å². The number of imide groups is 2. The number of ether oxygens (including phenoxy) is 1. The molecule has 1 N–H and O–H groups in total. The van der Waals surface area contributed by atoms with Crippen molar-refractivity contribution < 1.29 is 33.4 Å². The SMILES string of the molecule is COc1cccc(O)c1C1C2=CCC3C(=O)N(C4CCN(Cc5ccccc5)CC4)C(=O)C3C2CC2C(=O)N(c3ccc(F)c(Cl)c3)C(=O)C21C. The summed E-state index contributed by atoms with van der Waals surface area (Å²) in [5.41, 5.74) is 1.05. The molecule has 4 amide bonds. The molecule has 3 aromatic carbocycles. The molecule has 264 valence electrons. The lowest BCUT2D eigenvalue weighted by Gasteiger charge is -2.49. The Hall–Kier alpha value is -4.54. The Balaban J connectivity index is 1.15. The van der Waals surface area contributed by atoms with Crippen LogP contribution >= 0.6 is 11.6 Å². The predicted octanol–water partition coefficient (Wildman–Crippen LogP) is 6.09. The minimum Gasteiger partial charge on any atom is -0.508 e. The van der Waals surface area contributed by atoms with E-state index in [1.807, 2.05) is 24.3 Å². The van der Waals surface area contributed by atoms with Gasteiger partial charge in [-0.2, -0.15) is 0 Å². The maximum atomic E-state index is 14.7. The second-order valence-corrected chi connectivity index (χ2v) is 15.1. The summed E-state index contributed by atoms with van der Waals surface area (Å²) < 4.78 is 19.9. The van der Waals surface area contributed by atoms with Crippen LogP contribution in [0.25, 0.3) is 0 Å². The number of anilines is 1. The number of carbonyl (C=O) groups excluding carboxylic acids is 4. The first kappa shape index (κ1) is 33.6. The van der Waals surface area contributed by atoms with Crippen molar-refractivity contribution in [2.24, 2.45) is 29.1 Å². The number of rotatable bonds is 6. The van der Waals surface area contributed by atoms with E-state index in [0.29, 0.717) is 30.6 Å². The largest absolute Gasteiger partial charge is 0.508 e. The number of fused-ring (bicyclic) bond motifs is 4. The van der Waals surface area contributed by atoms with Gasteiger partial charge in [0, 0.05) is 37.2 Å². The van der Waals surface area contributed by atoms with Crippen LogP contribution < -0.4 is 9.64 Å². The highest BCUT2D eigenvalue weighted by molar-refractivity contribution is 6.31. The molecule has 5 aliphatic rings. The van der Waals surface area contributed by atoms with Crippen LogP contribution in [0.1, 0.15) is 49.7 Å². The molecule has 9 nitrogen and oxygen atoms in total. The fourth-order valence-corrected chi connectivity index (χ4v) is 9.93. The molecule has 3 aromatic rings. The zero-order valence-corrected chi connectivity index (χ0v) is 29.2. The van der Waals surface area contributed by atoms with Gasteiger partial charge in [0.25, 0.3) is 0 Å². The van der Waals surface area contributed by atoms with Crippen LogP contribution in [-0.4, -0.2) is 64.8 Å². The first-order valence-electron chi connectivity index (χ1n) is 17.6. The molecular weight excluding hydrogens is 673 g/mol. The zero-order chi connectivity index (χ0) is 35.8. The van der Waals surface area contributed by atoms with E-state index in [4.69, 9.17) is 16.3 Å². The Morgan fingerprint density at radius 3 is 2.39 bits per heavy atom. The number of likely N-dealkylation sites (tertiary alicyclic amines) is 2. The van der Waals surface area contributed by atoms with E-state index in [1.54, 1.807) is 19.1 Å². The molecule has 3 aliphatic heterocycles. The topological polar surface area (TPSA) is 107 Å². The van der Waals surface area contributed by atoms with Crippen LogP contribution in [0.3, 0.4) is 0 Å². The molecule has 2 aliphatic carbocycles. The lowest BCUT2D eigenvalue weighted by molar-refractivity contribution is -0.144. The lowest BCUT2D eigenvalue weighted by atomic mass is 9.51. The Bertz CT molecular complexity index is 1980. The molecule has 0 radical (unpaired) electrons. The van der Waals surface area contributed by atoms with E-state index in [1.165, 1.54) is 35.8 Å². The molecule has 6 atom stereocenters. The highest BCUT2D eigenvalue weighted by Gasteiger charge is 2.68. The van der Waals surface area contributed by atoms with Crippen molar-refractivity contribution in [3.05, 3.63) is 100 Å². The molecule has 6 unspecified atom stereocenters. The number of halogens is 2. The number of phenols is 1. The Labute approximate surface area is 300 Å². The molecule has 11 heteroatoms. The van der Waals surface area contributed by atoms with Crippen LogP contribution in [0.15, 0.2) is 78.4 Å². The summed E-state index contributed by atoms with van der Waals surface area (Å²) in [5.74, 6) is -5.46. The third-order valence-corrected chi connectivity index (χ3v) is 12.5. The highest BCUT2D eigenvalue weighted by Crippen LogP contribution is 2.65. The summed E-state index contributed by atoms with van der Waals surface area (Å²) in [6, 6.07) is 18.6. The summed E-state index contributed by atoms with van der Waals surface area (Å²) in [7, 11) is 1.47. The summed E-state index contributed by atoms with van der Waals surface area (Å²) in [4.78, 5) is 62.7. The van der Waals surface area contributed by atoms with Gasteiger partial charge in [-0.1, -0.05) is 59.6 Å². The molecule has 0 spiro atoms. The Morgan fingerprint density at radius 1 is 0.941 bits per heavy atom. The molecule has 4 fully saturated rings. The first-order chi connectivity index (χ1) is 24.5. The number of nitrogens with zero attached hydrogens (tertiary/aromatic N) is 3. The van der Waals surface area contributed by atoms with Gasteiger partial charge in [0.05, 0.1) is 41.0 Å². The molecule has 51 heavy (non-hydrogen) atoms. The van der Waals surface area contributed by atoms with E-state index in [-0.39, 0.29) is 40.7 Å². The maximum Gasteiger partial charge on any atom is 0.241 e. The average Bonchev–Trinajstić information content (AvgIpc) is 3.50. The molecular formula is C40H39ClFN3O6. The summed E-state index contributed by atoms with van der Waals surface area (Å²) >= 11 is 6.11. The van der Waals surface area contributed by atoms with Gasteiger partial charge in [0.15, 0.2) is 0 Å². The number of carbonyl (C=O) groups is 4. The third kappa shape index (κ3) is 5.12. The summed E-state index contributed by atoms with van der Waals surface area (Å²) in [5, 5.41) is 11.2. The molecule has 8 rings (SSSR count). The standard InChI is InChI=1S/C40H39ClFN3O6/c1-40-28(37(48)45(39(40)50)24-11-14-30(42)29(41)19-24)20-27-25(35(40)34-31(46)9-6-10-32(34)51-2)12-13-26-33(27)38(49)44(36(26)47)23-15-17-43(18-16-23)21-22-7-4-3-5-8-22/h3-12,14,19,23,26-28,33,35,46H,13,15-18,20-21H2,1-2H3. The van der Waals surface area contributed by atoms with Gasteiger partial charge < -0.3 is 9.84 Å². The van der Waals surface area contributed by atoms with E-state index in [0.717, 1.165) is 36.2 Å². The minimum atomic E-state index is -1.41. The summed E-state index contributed by atoms with van der Waals surface area (Å²) in [6.07, 6.45) is 3.77. The zero-order valence-electron chi connectivity index (χ0n) is 28.4. The highest BCUT2D eigenvalue weighted by atomic mass is 35.5. The number of phenolic OH excluding ortho intramolecular Hbond substituents is 1. The van der Waals surface area contributed by atoms with Crippen LogP contribution in [0.2, 0.25) is 5.02 Å². The van der Waals surface area contributed by atoms with Crippen LogP contribution in [-0.2, 0) is 25.7 Å². The maximum absolute atomic E-state index is 14.7. The monoisotopic (exact) mass is 711 g/mol. The average molecular weight is 712 g/mol. The van der Waals surface area contributed by atoms with Gasteiger partial charge >= 0.3 is 0 Å².